The van der Waals surface area contributed by atoms with Gasteiger partial charge in [0.2, 0.25) is 0 Å². The molecule has 1 aromatic carbocycles. The predicted octanol–water partition coefficient (Wildman–Crippen LogP) is 3.35. The molecule has 1 heterocycles. The zero-order valence-corrected chi connectivity index (χ0v) is 14.3. The number of ether oxygens (including phenoxy) is 1. The van der Waals surface area contributed by atoms with Crippen molar-refractivity contribution < 1.29 is 9.53 Å². The molecule has 0 spiro atoms. The van der Waals surface area contributed by atoms with E-state index in [-0.39, 0.29) is 11.4 Å². The van der Waals surface area contributed by atoms with E-state index in [1.165, 1.54) is 22.5 Å². The summed E-state index contributed by atoms with van der Waals surface area (Å²) in [5.41, 5.74) is 2.59. The maximum atomic E-state index is 12.3. The number of rotatable bonds is 6. The summed E-state index contributed by atoms with van der Waals surface area (Å²) in [7, 11) is 1.62. The van der Waals surface area contributed by atoms with Gasteiger partial charge in [-0.2, -0.15) is 0 Å². The molecule has 1 aromatic heterocycles. The highest BCUT2D eigenvalue weighted by molar-refractivity contribution is 7.09. The fourth-order valence-corrected chi connectivity index (χ4v) is 3.05. The van der Waals surface area contributed by atoms with E-state index in [1.807, 2.05) is 26.0 Å². The second-order valence-corrected chi connectivity index (χ2v) is 6.94. The van der Waals surface area contributed by atoms with E-state index in [4.69, 9.17) is 4.74 Å². The number of nitrogens with one attached hydrogen (secondary N) is 1. The summed E-state index contributed by atoms with van der Waals surface area (Å²) in [6.45, 7) is 6.58. The number of carbonyl (C=O) groups is 1. The molecule has 0 aliphatic carbocycles. The van der Waals surface area contributed by atoms with E-state index in [0.717, 1.165) is 11.4 Å². The number of thiazole rings is 1. The first kappa shape index (κ1) is 16.6. The first-order valence-corrected chi connectivity index (χ1v) is 8.09. The Hall–Kier alpha value is -1.72. The van der Waals surface area contributed by atoms with Gasteiger partial charge in [-0.1, -0.05) is 24.3 Å². The normalized spacial score (nSPS) is 11.5. The van der Waals surface area contributed by atoms with Crippen LogP contribution in [0.15, 0.2) is 29.6 Å². The molecule has 118 valence electrons. The minimum absolute atomic E-state index is 0.141. The smallest absolute Gasteiger partial charge is 0.271 e. The first-order valence-electron chi connectivity index (χ1n) is 7.21. The Morgan fingerprint density at radius 2 is 2.09 bits per heavy atom. The predicted molar refractivity (Wildman–Crippen MR) is 89.3 cm³/mol. The van der Waals surface area contributed by atoms with Gasteiger partial charge < -0.3 is 10.1 Å². The molecule has 0 unspecified atom stereocenters. The Bertz CT molecular complexity index is 650. The Kier molecular flexibility index (Phi) is 5.32. The summed E-state index contributed by atoms with van der Waals surface area (Å²) in [4.78, 5) is 16.6. The molecule has 0 saturated heterocycles. The van der Waals surface area contributed by atoms with Gasteiger partial charge in [0.15, 0.2) is 0 Å². The van der Waals surface area contributed by atoms with Gasteiger partial charge in [-0.15, -0.1) is 11.3 Å². The lowest BCUT2D eigenvalue weighted by Gasteiger charge is -2.26. The van der Waals surface area contributed by atoms with Crippen molar-refractivity contribution in [2.75, 3.05) is 7.11 Å². The van der Waals surface area contributed by atoms with Crippen LogP contribution in [0.1, 0.15) is 40.5 Å². The van der Waals surface area contributed by atoms with Crippen molar-refractivity contribution in [3.8, 4) is 0 Å². The van der Waals surface area contributed by atoms with Crippen molar-refractivity contribution in [1.29, 1.82) is 0 Å². The largest absolute Gasteiger partial charge is 0.378 e. The van der Waals surface area contributed by atoms with E-state index >= 15 is 0 Å². The van der Waals surface area contributed by atoms with Crippen LogP contribution in [0.5, 0.6) is 0 Å². The molecule has 5 heteroatoms. The number of aromatic nitrogens is 1. The van der Waals surface area contributed by atoms with Crippen LogP contribution >= 0.6 is 11.3 Å². The fraction of sp³-hybridized carbons (Fsp3) is 0.412. The molecule has 22 heavy (non-hydrogen) atoms. The molecular formula is C17H22N2O2S. The standard InChI is InChI=1S/C17H22N2O2S/c1-12-7-5-6-8-13(12)9-17(2,3)19-16(20)14-11-22-15(18-14)10-21-4/h5-8,11H,9-10H2,1-4H3,(H,19,20). The van der Waals surface area contributed by atoms with Gasteiger partial charge >= 0.3 is 0 Å². The molecule has 0 atom stereocenters. The van der Waals surface area contributed by atoms with Gasteiger partial charge in [0.05, 0.1) is 6.61 Å². The Labute approximate surface area is 135 Å². The molecule has 0 radical (unpaired) electrons. The minimum atomic E-state index is -0.339. The molecule has 0 bridgehead atoms. The van der Waals surface area contributed by atoms with Crippen molar-refractivity contribution in [3.05, 3.63) is 51.5 Å². The second-order valence-electron chi connectivity index (χ2n) is 6.00. The maximum absolute atomic E-state index is 12.3. The van der Waals surface area contributed by atoms with Crippen LogP contribution in [0.3, 0.4) is 0 Å². The molecule has 4 nitrogen and oxygen atoms in total. The van der Waals surface area contributed by atoms with Crippen molar-refractivity contribution >= 4 is 17.2 Å². The zero-order valence-electron chi connectivity index (χ0n) is 13.5. The zero-order chi connectivity index (χ0) is 16.2. The van der Waals surface area contributed by atoms with Crippen LogP contribution in [0.4, 0.5) is 0 Å². The maximum Gasteiger partial charge on any atom is 0.271 e. The average molecular weight is 318 g/mol. The number of aryl methyl sites for hydroxylation is 1. The third-order valence-electron chi connectivity index (χ3n) is 3.40. The van der Waals surface area contributed by atoms with E-state index in [1.54, 1.807) is 12.5 Å². The summed E-state index contributed by atoms with van der Waals surface area (Å²) in [6.07, 6.45) is 0.778. The Morgan fingerprint density at radius 3 is 2.77 bits per heavy atom. The number of benzene rings is 1. The van der Waals surface area contributed by atoms with Gasteiger partial charge in [0.1, 0.15) is 10.7 Å². The van der Waals surface area contributed by atoms with E-state index in [0.29, 0.717) is 12.3 Å². The summed E-state index contributed by atoms with van der Waals surface area (Å²) < 4.78 is 5.03. The number of carbonyl (C=O) groups excluding carboxylic acids is 1. The summed E-state index contributed by atoms with van der Waals surface area (Å²) >= 11 is 1.44. The number of hydrogen-bond donors (Lipinski definition) is 1. The minimum Gasteiger partial charge on any atom is -0.378 e. The Morgan fingerprint density at radius 1 is 1.36 bits per heavy atom. The molecular weight excluding hydrogens is 296 g/mol. The lowest BCUT2D eigenvalue weighted by molar-refractivity contribution is 0.0908. The van der Waals surface area contributed by atoms with Gasteiger partial charge in [-0.05, 0) is 38.3 Å². The van der Waals surface area contributed by atoms with Crippen LogP contribution in [-0.2, 0) is 17.8 Å². The van der Waals surface area contributed by atoms with E-state index < -0.39 is 0 Å². The third kappa shape index (κ3) is 4.39. The van der Waals surface area contributed by atoms with Gasteiger partial charge in [-0.25, -0.2) is 4.98 Å². The molecule has 1 N–H and O–H groups in total. The number of hydrogen-bond acceptors (Lipinski definition) is 4. The number of methoxy groups -OCH3 is 1. The number of amides is 1. The van der Waals surface area contributed by atoms with Crippen LogP contribution in [0.2, 0.25) is 0 Å². The van der Waals surface area contributed by atoms with Crippen LogP contribution in [-0.4, -0.2) is 23.5 Å². The lowest BCUT2D eigenvalue weighted by atomic mass is 9.92. The highest BCUT2D eigenvalue weighted by Crippen LogP contribution is 2.17. The van der Waals surface area contributed by atoms with Gasteiger partial charge in [0.25, 0.3) is 5.91 Å². The lowest BCUT2D eigenvalue weighted by Crippen LogP contribution is -2.45. The van der Waals surface area contributed by atoms with Crippen LogP contribution in [0.25, 0.3) is 0 Å². The molecule has 1 amide bonds. The summed E-state index contributed by atoms with van der Waals surface area (Å²) in [5, 5.41) is 5.65. The summed E-state index contributed by atoms with van der Waals surface area (Å²) in [6, 6.07) is 8.24. The van der Waals surface area contributed by atoms with Crippen LogP contribution in [0, 0.1) is 6.92 Å². The molecule has 0 fully saturated rings. The number of nitrogens with zero attached hydrogens (tertiary/aromatic N) is 1. The quantitative estimate of drug-likeness (QED) is 0.888. The highest BCUT2D eigenvalue weighted by atomic mass is 32.1. The molecule has 0 aliphatic rings. The fourth-order valence-electron chi connectivity index (χ4n) is 2.31. The Balaban J connectivity index is 2.04. The SMILES string of the molecule is COCc1nc(C(=O)NC(C)(C)Cc2ccccc2C)cs1. The topological polar surface area (TPSA) is 51.2 Å². The van der Waals surface area contributed by atoms with E-state index in [9.17, 15) is 4.79 Å². The molecule has 0 saturated carbocycles. The summed E-state index contributed by atoms with van der Waals surface area (Å²) in [5.74, 6) is -0.141. The van der Waals surface area contributed by atoms with E-state index in [2.05, 4.69) is 29.4 Å². The van der Waals surface area contributed by atoms with Crippen LogP contribution < -0.4 is 5.32 Å². The highest BCUT2D eigenvalue weighted by Gasteiger charge is 2.23. The first-order chi connectivity index (χ1) is 10.4. The van der Waals surface area contributed by atoms with Crippen molar-refractivity contribution in [2.24, 2.45) is 0 Å². The molecule has 0 aliphatic heterocycles. The van der Waals surface area contributed by atoms with Crippen molar-refractivity contribution in [1.82, 2.24) is 10.3 Å². The second kappa shape index (κ2) is 7.03. The molecule has 2 aromatic rings. The van der Waals surface area contributed by atoms with Gasteiger partial charge in [-0.3, -0.25) is 4.79 Å². The van der Waals surface area contributed by atoms with Crippen molar-refractivity contribution in [2.45, 2.75) is 39.3 Å². The van der Waals surface area contributed by atoms with Crippen molar-refractivity contribution in [3.63, 3.8) is 0 Å². The molecule has 2 rings (SSSR count). The third-order valence-corrected chi connectivity index (χ3v) is 4.22. The monoisotopic (exact) mass is 318 g/mol. The van der Waals surface area contributed by atoms with Gasteiger partial charge in [0, 0.05) is 18.0 Å². The average Bonchev–Trinajstić information content (AvgIpc) is 2.90.